The first-order valence-corrected chi connectivity index (χ1v) is 8.31. The molecule has 4 heterocycles. The maximum Gasteiger partial charge on any atom is 0.287 e. The van der Waals surface area contributed by atoms with Crippen LogP contribution in [0, 0.1) is 0 Å². The summed E-state index contributed by atoms with van der Waals surface area (Å²) in [6.45, 7) is 2.20. The summed E-state index contributed by atoms with van der Waals surface area (Å²) >= 11 is 0. The van der Waals surface area contributed by atoms with E-state index in [0.717, 1.165) is 0 Å². The summed E-state index contributed by atoms with van der Waals surface area (Å²) in [6, 6.07) is 10.1. The molecule has 0 saturated carbocycles. The van der Waals surface area contributed by atoms with Crippen LogP contribution >= 0.6 is 0 Å². The highest BCUT2D eigenvalue weighted by atomic mass is 16.5. The van der Waals surface area contributed by atoms with E-state index < -0.39 is 6.04 Å². The molecule has 0 fully saturated rings. The normalized spacial score (nSPS) is 12.0. The van der Waals surface area contributed by atoms with Gasteiger partial charge in [0, 0.05) is 18.6 Å². The van der Waals surface area contributed by atoms with Crippen LogP contribution in [-0.2, 0) is 6.54 Å². The Morgan fingerprint density at radius 2 is 2.15 bits per heavy atom. The number of pyridine rings is 1. The van der Waals surface area contributed by atoms with Crippen molar-refractivity contribution in [2.45, 2.75) is 19.5 Å². The fourth-order valence-corrected chi connectivity index (χ4v) is 2.48. The number of carbonyl (C=O) groups is 1. The molecule has 0 aliphatic rings. The molecular weight excluding hydrogens is 348 g/mol. The van der Waals surface area contributed by atoms with Crippen molar-refractivity contribution < 1.29 is 13.7 Å². The molecular formula is C18H16N6O3. The van der Waals surface area contributed by atoms with Gasteiger partial charge in [0.05, 0.1) is 6.54 Å². The lowest BCUT2D eigenvalue weighted by atomic mass is 10.3. The highest BCUT2D eigenvalue weighted by Crippen LogP contribution is 2.17. The van der Waals surface area contributed by atoms with Gasteiger partial charge in [-0.15, -0.1) is 0 Å². The second-order valence-electron chi connectivity index (χ2n) is 5.84. The molecule has 0 aliphatic heterocycles. The second-order valence-corrected chi connectivity index (χ2v) is 5.84. The standard InChI is InChI=1S/C18H16N6O3/c1-12(18-22-16(23-27-18)14-5-2-3-8-19-14)21-17(25)15-7-6-13(26-15)11-24-10-4-9-20-24/h2-10,12H,11H2,1H3,(H,21,25)/t12-/m0/s1. The van der Waals surface area contributed by atoms with Gasteiger partial charge in [0.2, 0.25) is 11.7 Å². The Labute approximate surface area is 154 Å². The molecule has 1 amide bonds. The van der Waals surface area contributed by atoms with E-state index in [4.69, 9.17) is 8.94 Å². The van der Waals surface area contributed by atoms with Gasteiger partial charge in [-0.25, -0.2) is 0 Å². The molecule has 0 aromatic carbocycles. The average Bonchev–Trinajstić information content (AvgIpc) is 3.44. The summed E-state index contributed by atoms with van der Waals surface area (Å²) in [4.78, 5) is 20.8. The van der Waals surface area contributed by atoms with Gasteiger partial charge in [-0.05, 0) is 37.3 Å². The Morgan fingerprint density at radius 1 is 1.22 bits per heavy atom. The smallest absolute Gasteiger partial charge is 0.287 e. The number of hydrogen-bond donors (Lipinski definition) is 1. The third-order valence-corrected chi connectivity index (χ3v) is 3.82. The van der Waals surface area contributed by atoms with Gasteiger partial charge in [0.1, 0.15) is 17.5 Å². The van der Waals surface area contributed by atoms with E-state index in [-0.39, 0.29) is 17.6 Å². The van der Waals surface area contributed by atoms with Gasteiger partial charge in [0.15, 0.2) is 5.76 Å². The molecule has 0 unspecified atom stereocenters. The Balaban J connectivity index is 1.41. The van der Waals surface area contributed by atoms with E-state index in [9.17, 15) is 4.79 Å². The van der Waals surface area contributed by atoms with Crippen molar-refractivity contribution in [3.05, 3.63) is 72.4 Å². The predicted octanol–water partition coefficient (Wildman–Crippen LogP) is 2.46. The van der Waals surface area contributed by atoms with Gasteiger partial charge >= 0.3 is 0 Å². The summed E-state index contributed by atoms with van der Waals surface area (Å²) in [5.41, 5.74) is 0.598. The lowest BCUT2D eigenvalue weighted by Crippen LogP contribution is -2.26. The summed E-state index contributed by atoms with van der Waals surface area (Å²) < 4.78 is 12.5. The fraction of sp³-hybridized carbons (Fsp3) is 0.167. The summed E-state index contributed by atoms with van der Waals surface area (Å²) in [5.74, 6) is 1.12. The highest BCUT2D eigenvalue weighted by molar-refractivity contribution is 5.91. The number of nitrogens with one attached hydrogen (secondary N) is 1. The second kappa shape index (κ2) is 7.24. The van der Waals surface area contributed by atoms with Crippen LogP contribution in [0.5, 0.6) is 0 Å². The zero-order valence-corrected chi connectivity index (χ0v) is 14.4. The van der Waals surface area contributed by atoms with E-state index in [1.165, 1.54) is 0 Å². The molecule has 9 heteroatoms. The minimum absolute atomic E-state index is 0.202. The third kappa shape index (κ3) is 3.76. The van der Waals surface area contributed by atoms with Crippen LogP contribution in [0.25, 0.3) is 11.5 Å². The lowest BCUT2D eigenvalue weighted by Gasteiger charge is -2.07. The molecule has 1 N–H and O–H groups in total. The van der Waals surface area contributed by atoms with Crippen LogP contribution in [0.15, 0.2) is 63.9 Å². The van der Waals surface area contributed by atoms with Gasteiger partial charge in [-0.3, -0.25) is 14.5 Å². The van der Waals surface area contributed by atoms with E-state index in [1.54, 1.807) is 48.3 Å². The summed E-state index contributed by atoms with van der Waals surface area (Å²) in [6.07, 6.45) is 5.15. The zero-order chi connectivity index (χ0) is 18.6. The molecule has 4 aromatic rings. The van der Waals surface area contributed by atoms with Gasteiger partial charge in [0.25, 0.3) is 5.91 Å². The van der Waals surface area contributed by atoms with Crippen molar-refractivity contribution in [3.8, 4) is 11.5 Å². The Bertz CT molecular complexity index is 1020. The largest absolute Gasteiger partial charge is 0.454 e. The molecule has 0 radical (unpaired) electrons. The molecule has 0 aliphatic carbocycles. The number of carbonyl (C=O) groups excluding carboxylic acids is 1. The summed E-state index contributed by atoms with van der Waals surface area (Å²) in [5, 5.41) is 10.8. The van der Waals surface area contributed by atoms with Crippen LogP contribution in [0.2, 0.25) is 0 Å². The molecule has 136 valence electrons. The highest BCUT2D eigenvalue weighted by Gasteiger charge is 2.20. The van der Waals surface area contributed by atoms with E-state index in [0.29, 0.717) is 23.8 Å². The van der Waals surface area contributed by atoms with Crippen LogP contribution in [0.3, 0.4) is 0 Å². The lowest BCUT2D eigenvalue weighted by molar-refractivity contribution is 0.0902. The Kier molecular flexibility index (Phi) is 4.48. The fourth-order valence-electron chi connectivity index (χ4n) is 2.48. The predicted molar refractivity (Wildman–Crippen MR) is 93.4 cm³/mol. The number of nitrogens with zero attached hydrogens (tertiary/aromatic N) is 5. The molecule has 0 bridgehead atoms. The molecule has 27 heavy (non-hydrogen) atoms. The monoisotopic (exact) mass is 364 g/mol. The molecule has 4 rings (SSSR count). The SMILES string of the molecule is C[C@H](NC(=O)c1ccc(Cn2cccn2)o1)c1nc(-c2ccccn2)no1. The van der Waals surface area contributed by atoms with Crippen LogP contribution in [0.4, 0.5) is 0 Å². The molecule has 0 saturated heterocycles. The van der Waals surface area contributed by atoms with E-state index in [2.05, 4.69) is 25.5 Å². The quantitative estimate of drug-likeness (QED) is 0.559. The molecule has 1 atom stereocenters. The van der Waals surface area contributed by atoms with Gasteiger partial charge < -0.3 is 14.3 Å². The zero-order valence-electron chi connectivity index (χ0n) is 14.4. The Hall–Kier alpha value is -3.75. The van der Waals surface area contributed by atoms with Crippen LogP contribution < -0.4 is 5.32 Å². The van der Waals surface area contributed by atoms with Crippen molar-refractivity contribution in [2.24, 2.45) is 0 Å². The molecule has 9 nitrogen and oxygen atoms in total. The van der Waals surface area contributed by atoms with E-state index >= 15 is 0 Å². The maximum atomic E-state index is 12.4. The van der Waals surface area contributed by atoms with Crippen LogP contribution in [-0.4, -0.2) is 30.8 Å². The summed E-state index contributed by atoms with van der Waals surface area (Å²) in [7, 11) is 0. The number of hydrogen-bond acceptors (Lipinski definition) is 7. The number of amides is 1. The Morgan fingerprint density at radius 3 is 2.93 bits per heavy atom. The van der Waals surface area contributed by atoms with Crippen LogP contribution in [0.1, 0.15) is 35.2 Å². The van der Waals surface area contributed by atoms with Crippen molar-refractivity contribution in [3.63, 3.8) is 0 Å². The van der Waals surface area contributed by atoms with E-state index in [1.807, 2.05) is 18.3 Å². The number of rotatable bonds is 6. The maximum absolute atomic E-state index is 12.4. The van der Waals surface area contributed by atoms with Gasteiger partial charge in [-0.1, -0.05) is 11.2 Å². The van der Waals surface area contributed by atoms with Crippen molar-refractivity contribution in [1.29, 1.82) is 0 Å². The van der Waals surface area contributed by atoms with Crippen molar-refractivity contribution >= 4 is 5.91 Å². The minimum atomic E-state index is -0.484. The van der Waals surface area contributed by atoms with Crippen molar-refractivity contribution in [1.82, 2.24) is 30.2 Å². The average molecular weight is 364 g/mol. The number of furan rings is 1. The third-order valence-electron chi connectivity index (χ3n) is 3.82. The van der Waals surface area contributed by atoms with Gasteiger partial charge in [-0.2, -0.15) is 10.1 Å². The first-order valence-electron chi connectivity index (χ1n) is 8.31. The molecule has 0 spiro atoms. The minimum Gasteiger partial charge on any atom is -0.454 e. The molecule has 4 aromatic heterocycles. The van der Waals surface area contributed by atoms with Crippen molar-refractivity contribution in [2.75, 3.05) is 0 Å². The number of aromatic nitrogens is 5. The first kappa shape index (κ1) is 16.7. The first-order chi connectivity index (χ1) is 13.2. The topological polar surface area (TPSA) is 112 Å².